The van der Waals surface area contributed by atoms with Gasteiger partial charge in [-0.1, -0.05) is 60.7 Å². The molecular formula is C19H20N2O2. The SMILES string of the molecule is CC(=O)N/C(=C/c1ccccc1)C(=O)NCCc1ccccc1. The van der Waals surface area contributed by atoms with Gasteiger partial charge < -0.3 is 10.6 Å². The summed E-state index contributed by atoms with van der Waals surface area (Å²) >= 11 is 0. The van der Waals surface area contributed by atoms with E-state index in [-0.39, 0.29) is 17.5 Å². The summed E-state index contributed by atoms with van der Waals surface area (Å²) in [5.74, 6) is -0.564. The molecule has 2 aromatic rings. The van der Waals surface area contributed by atoms with Crippen LogP contribution < -0.4 is 10.6 Å². The molecule has 23 heavy (non-hydrogen) atoms. The highest BCUT2D eigenvalue weighted by Crippen LogP contribution is 2.05. The quantitative estimate of drug-likeness (QED) is 0.806. The fourth-order valence-corrected chi connectivity index (χ4v) is 2.12. The fraction of sp³-hybridized carbons (Fsp3) is 0.158. The van der Waals surface area contributed by atoms with Gasteiger partial charge in [-0.05, 0) is 23.6 Å². The zero-order valence-corrected chi connectivity index (χ0v) is 13.1. The first kappa shape index (κ1) is 16.5. The molecule has 0 aliphatic heterocycles. The van der Waals surface area contributed by atoms with Gasteiger partial charge in [0.15, 0.2) is 0 Å². The maximum Gasteiger partial charge on any atom is 0.267 e. The van der Waals surface area contributed by atoms with E-state index in [1.54, 1.807) is 6.08 Å². The number of nitrogens with one attached hydrogen (secondary N) is 2. The smallest absolute Gasteiger partial charge is 0.267 e. The van der Waals surface area contributed by atoms with E-state index >= 15 is 0 Å². The van der Waals surface area contributed by atoms with Crippen LogP contribution >= 0.6 is 0 Å². The molecule has 0 bridgehead atoms. The van der Waals surface area contributed by atoms with Crippen LogP contribution in [0.1, 0.15) is 18.1 Å². The topological polar surface area (TPSA) is 58.2 Å². The average molecular weight is 308 g/mol. The zero-order chi connectivity index (χ0) is 16.5. The Balaban J connectivity index is 1.99. The maximum absolute atomic E-state index is 12.3. The number of carbonyl (C=O) groups is 2. The van der Waals surface area contributed by atoms with Crippen molar-refractivity contribution in [3.8, 4) is 0 Å². The Bertz CT molecular complexity index is 679. The monoisotopic (exact) mass is 308 g/mol. The predicted molar refractivity (Wildman–Crippen MR) is 91.4 cm³/mol. The molecule has 4 nitrogen and oxygen atoms in total. The summed E-state index contributed by atoms with van der Waals surface area (Å²) in [6, 6.07) is 19.3. The molecule has 0 aliphatic carbocycles. The molecule has 2 amide bonds. The summed E-state index contributed by atoms with van der Waals surface area (Å²) in [6.07, 6.45) is 2.41. The normalized spacial score (nSPS) is 10.9. The van der Waals surface area contributed by atoms with E-state index in [4.69, 9.17) is 0 Å². The van der Waals surface area contributed by atoms with Gasteiger partial charge in [0.1, 0.15) is 5.70 Å². The molecule has 0 heterocycles. The third kappa shape index (κ3) is 5.79. The average Bonchev–Trinajstić information content (AvgIpc) is 2.56. The summed E-state index contributed by atoms with van der Waals surface area (Å²) in [4.78, 5) is 23.6. The van der Waals surface area contributed by atoms with Gasteiger partial charge in [-0.15, -0.1) is 0 Å². The molecule has 0 atom stereocenters. The largest absolute Gasteiger partial charge is 0.350 e. The van der Waals surface area contributed by atoms with Crippen molar-refractivity contribution in [2.75, 3.05) is 6.54 Å². The molecule has 2 aromatic carbocycles. The van der Waals surface area contributed by atoms with Gasteiger partial charge >= 0.3 is 0 Å². The van der Waals surface area contributed by atoms with Crippen molar-refractivity contribution >= 4 is 17.9 Å². The molecule has 0 saturated carbocycles. The molecule has 0 fully saturated rings. The van der Waals surface area contributed by atoms with Crippen molar-refractivity contribution in [1.82, 2.24) is 10.6 Å². The van der Waals surface area contributed by atoms with Crippen molar-refractivity contribution in [1.29, 1.82) is 0 Å². The molecule has 2 rings (SSSR count). The van der Waals surface area contributed by atoms with Crippen LogP contribution in [-0.4, -0.2) is 18.4 Å². The summed E-state index contributed by atoms with van der Waals surface area (Å²) < 4.78 is 0. The Labute approximate surface area is 136 Å². The van der Waals surface area contributed by atoms with Crippen LogP contribution in [0.25, 0.3) is 6.08 Å². The van der Waals surface area contributed by atoms with Crippen LogP contribution in [0, 0.1) is 0 Å². The first-order chi connectivity index (χ1) is 11.1. The van der Waals surface area contributed by atoms with E-state index in [1.807, 2.05) is 60.7 Å². The number of rotatable bonds is 6. The van der Waals surface area contributed by atoms with Crippen molar-refractivity contribution in [2.24, 2.45) is 0 Å². The summed E-state index contributed by atoms with van der Waals surface area (Å²) in [7, 11) is 0. The molecule has 4 heteroatoms. The minimum absolute atomic E-state index is 0.247. The highest BCUT2D eigenvalue weighted by Gasteiger charge is 2.10. The second-order valence-electron chi connectivity index (χ2n) is 5.14. The van der Waals surface area contributed by atoms with Crippen LogP contribution in [0.15, 0.2) is 66.4 Å². The Morgan fingerprint density at radius 3 is 2.17 bits per heavy atom. The van der Waals surface area contributed by atoms with Crippen molar-refractivity contribution in [3.63, 3.8) is 0 Å². The van der Waals surface area contributed by atoms with Gasteiger partial charge in [-0.3, -0.25) is 9.59 Å². The highest BCUT2D eigenvalue weighted by molar-refractivity contribution is 6.00. The minimum atomic E-state index is -0.292. The lowest BCUT2D eigenvalue weighted by Gasteiger charge is -2.10. The van der Waals surface area contributed by atoms with Crippen molar-refractivity contribution in [2.45, 2.75) is 13.3 Å². The molecule has 0 aromatic heterocycles. The van der Waals surface area contributed by atoms with E-state index < -0.39 is 0 Å². The number of hydrogen-bond donors (Lipinski definition) is 2. The first-order valence-corrected chi connectivity index (χ1v) is 7.51. The number of carbonyl (C=O) groups excluding carboxylic acids is 2. The standard InChI is InChI=1S/C19H20N2O2/c1-15(22)21-18(14-17-10-6-3-7-11-17)19(23)20-13-12-16-8-4-2-5-9-16/h2-11,14H,12-13H2,1H3,(H,20,23)(H,21,22)/b18-14+. The number of hydrogen-bond acceptors (Lipinski definition) is 2. The molecule has 0 aliphatic rings. The van der Waals surface area contributed by atoms with Crippen LogP contribution in [0.2, 0.25) is 0 Å². The van der Waals surface area contributed by atoms with Crippen molar-refractivity contribution < 1.29 is 9.59 Å². The zero-order valence-electron chi connectivity index (χ0n) is 13.1. The Morgan fingerprint density at radius 2 is 1.57 bits per heavy atom. The second-order valence-corrected chi connectivity index (χ2v) is 5.14. The van der Waals surface area contributed by atoms with E-state index in [0.717, 1.165) is 17.5 Å². The van der Waals surface area contributed by atoms with Gasteiger partial charge in [0.2, 0.25) is 5.91 Å². The van der Waals surface area contributed by atoms with Crippen LogP contribution in [0.5, 0.6) is 0 Å². The van der Waals surface area contributed by atoms with Crippen LogP contribution in [0.3, 0.4) is 0 Å². The predicted octanol–water partition coefficient (Wildman–Crippen LogP) is 2.52. The van der Waals surface area contributed by atoms with Gasteiger partial charge in [0, 0.05) is 13.5 Å². The number of benzene rings is 2. The molecule has 0 saturated heterocycles. The highest BCUT2D eigenvalue weighted by atomic mass is 16.2. The third-order valence-electron chi connectivity index (χ3n) is 3.21. The molecule has 0 unspecified atom stereocenters. The molecular weight excluding hydrogens is 288 g/mol. The van der Waals surface area contributed by atoms with Gasteiger partial charge in [-0.2, -0.15) is 0 Å². The van der Waals surface area contributed by atoms with Gasteiger partial charge in [0.25, 0.3) is 5.91 Å². The van der Waals surface area contributed by atoms with E-state index in [1.165, 1.54) is 6.92 Å². The lowest BCUT2D eigenvalue weighted by Crippen LogP contribution is -2.34. The first-order valence-electron chi connectivity index (χ1n) is 7.51. The fourth-order valence-electron chi connectivity index (χ4n) is 2.12. The van der Waals surface area contributed by atoms with Gasteiger partial charge in [0.05, 0.1) is 0 Å². The summed E-state index contributed by atoms with van der Waals surface area (Å²) in [6.45, 7) is 1.89. The van der Waals surface area contributed by atoms with Crippen LogP contribution in [0.4, 0.5) is 0 Å². The minimum Gasteiger partial charge on any atom is -0.350 e. The lowest BCUT2D eigenvalue weighted by molar-refractivity contribution is -0.122. The summed E-state index contributed by atoms with van der Waals surface area (Å²) in [5.41, 5.74) is 2.26. The van der Waals surface area contributed by atoms with Gasteiger partial charge in [-0.25, -0.2) is 0 Å². The Kier molecular flexibility index (Phi) is 6.12. The molecule has 118 valence electrons. The molecule has 2 N–H and O–H groups in total. The Morgan fingerprint density at radius 1 is 0.957 bits per heavy atom. The van der Waals surface area contributed by atoms with Crippen LogP contribution in [-0.2, 0) is 16.0 Å². The van der Waals surface area contributed by atoms with E-state index in [9.17, 15) is 9.59 Å². The summed E-state index contributed by atoms with van der Waals surface area (Å²) in [5, 5.41) is 5.42. The lowest BCUT2D eigenvalue weighted by atomic mass is 10.1. The molecule has 0 spiro atoms. The maximum atomic E-state index is 12.3. The van der Waals surface area contributed by atoms with E-state index in [0.29, 0.717) is 6.54 Å². The number of amides is 2. The van der Waals surface area contributed by atoms with E-state index in [2.05, 4.69) is 10.6 Å². The second kappa shape index (κ2) is 8.54. The third-order valence-corrected chi connectivity index (χ3v) is 3.21. The Hall–Kier alpha value is -2.88. The van der Waals surface area contributed by atoms with Crippen molar-refractivity contribution in [3.05, 3.63) is 77.5 Å². The molecule has 0 radical (unpaired) electrons.